The fourth-order valence-corrected chi connectivity index (χ4v) is 7.40. The number of rotatable bonds is 30. The third kappa shape index (κ3) is 23.6. The standard InChI is InChI=1S/C45H72N8O13S/c1-23(2)17-30(40(61)51-33(19-25(5)6)45(66)67-28-13-11-10-12-14-28)49-42(63)32(21-37(58)59)50-44(65)38(26(7)8)53-43(64)34(22-46)52-41(62)31(18-24(3)4)48-39(60)29(15-16-36(56)57)47-35(55)20-27(9)54/h10-14,23-27,29-34,38,54H,15-22,46H2,1-9H3,(H,47,55)(H,48,60)(H,49,63)(H,50,65)(H,51,61)(H,52,62)(H,53,64)(H,56,57)(H,58,59)/t27?,29-,30+,31-,32-,33-,34+,38-/m1/s1. The van der Waals surface area contributed by atoms with E-state index in [-0.39, 0.29) is 48.6 Å². The van der Waals surface area contributed by atoms with E-state index >= 15 is 0 Å². The Balaban J connectivity index is 3.28. The molecule has 1 aromatic carbocycles. The van der Waals surface area contributed by atoms with Gasteiger partial charge in [-0.15, -0.1) is 0 Å². The van der Waals surface area contributed by atoms with E-state index in [1.54, 1.807) is 71.9 Å². The predicted octanol–water partition coefficient (Wildman–Crippen LogP) is 0.562. The Morgan fingerprint density at radius 2 is 0.955 bits per heavy atom. The third-order valence-corrected chi connectivity index (χ3v) is 10.9. The maximum Gasteiger partial charge on any atom is 0.305 e. The minimum absolute atomic E-state index is 0.0000504. The minimum Gasteiger partial charge on any atom is -0.481 e. The first-order chi connectivity index (χ1) is 31.2. The van der Waals surface area contributed by atoms with Gasteiger partial charge in [-0.05, 0) is 80.2 Å². The number of carboxylic acids is 2. The fraction of sp³-hybridized carbons (Fsp3) is 0.644. The van der Waals surface area contributed by atoms with Crippen LogP contribution in [0.2, 0.25) is 0 Å². The van der Waals surface area contributed by atoms with E-state index in [1.165, 1.54) is 6.92 Å². The number of hydrogen-bond donors (Lipinski definition) is 11. The lowest BCUT2D eigenvalue weighted by atomic mass is 9.99. The summed E-state index contributed by atoms with van der Waals surface area (Å²) in [4.78, 5) is 132. The van der Waals surface area contributed by atoms with E-state index in [2.05, 4.69) is 37.2 Å². The van der Waals surface area contributed by atoms with Crippen LogP contribution in [0.3, 0.4) is 0 Å². The van der Waals surface area contributed by atoms with Crippen molar-refractivity contribution in [2.24, 2.45) is 29.4 Å². The Morgan fingerprint density at radius 3 is 1.40 bits per heavy atom. The van der Waals surface area contributed by atoms with Crippen molar-refractivity contribution in [3.05, 3.63) is 30.3 Å². The molecule has 22 heteroatoms. The molecular formula is C45H72N8O13S. The lowest BCUT2D eigenvalue weighted by Gasteiger charge is -2.29. The van der Waals surface area contributed by atoms with E-state index in [0.717, 1.165) is 11.8 Å². The first-order valence-corrected chi connectivity index (χ1v) is 23.3. The van der Waals surface area contributed by atoms with Crippen LogP contribution in [-0.4, -0.2) is 129 Å². The van der Waals surface area contributed by atoms with Crippen molar-refractivity contribution in [1.82, 2.24) is 37.2 Å². The number of aliphatic carboxylic acids is 2. The number of nitrogens with one attached hydrogen (secondary N) is 7. The number of thioether (sulfide) groups is 1. The molecule has 12 N–H and O–H groups in total. The van der Waals surface area contributed by atoms with Gasteiger partial charge in [0.2, 0.25) is 46.5 Å². The molecule has 1 rings (SSSR count). The van der Waals surface area contributed by atoms with Crippen LogP contribution in [0.4, 0.5) is 0 Å². The maximum atomic E-state index is 13.8. The fourth-order valence-electron chi connectivity index (χ4n) is 6.58. The van der Waals surface area contributed by atoms with Crippen molar-refractivity contribution < 1.29 is 63.3 Å². The molecule has 0 aliphatic heterocycles. The van der Waals surface area contributed by atoms with E-state index in [4.69, 9.17) is 5.73 Å². The molecule has 8 atom stereocenters. The highest BCUT2D eigenvalue weighted by Crippen LogP contribution is 2.22. The van der Waals surface area contributed by atoms with Crippen molar-refractivity contribution in [1.29, 1.82) is 0 Å². The predicted molar refractivity (Wildman–Crippen MR) is 248 cm³/mol. The molecule has 0 fully saturated rings. The molecule has 0 saturated heterocycles. The summed E-state index contributed by atoms with van der Waals surface area (Å²) in [6, 6.07) is -0.674. The van der Waals surface area contributed by atoms with Crippen molar-refractivity contribution in [3.8, 4) is 0 Å². The number of aliphatic hydroxyl groups is 1. The SMILES string of the molecule is CC(C)C[C@H](NC(=O)[C@@H](CC(=O)O)NC(=O)[C@H](NC(=O)[C@H](CN)NC(=O)[C@@H](CC(C)C)NC(=O)[C@@H](CCC(=O)O)NC(=O)CC(C)O)C(C)C)C(=O)N[C@H](CC(C)C)C(=O)Sc1ccccc1. The summed E-state index contributed by atoms with van der Waals surface area (Å²) in [7, 11) is 0. The summed E-state index contributed by atoms with van der Waals surface area (Å²) >= 11 is 0.960. The molecule has 0 spiro atoms. The second kappa shape index (κ2) is 29.9. The summed E-state index contributed by atoms with van der Waals surface area (Å²) in [5.41, 5.74) is 5.89. The molecule has 0 aromatic heterocycles. The summed E-state index contributed by atoms with van der Waals surface area (Å²) in [6.07, 6.45) is -2.79. The molecular weight excluding hydrogens is 893 g/mol. The van der Waals surface area contributed by atoms with Gasteiger partial charge < -0.3 is 58.3 Å². The van der Waals surface area contributed by atoms with Gasteiger partial charge in [0.05, 0.1) is 25.0 Å². The lowest BCUT2D eigenvalue weighted by Crippen LogP contribution is -2.62. The van der Waals surface area contributed by atoms with Crippen LogP contribution in [-0.2, 0) is 47.9 Å². The van der Waals surface area contributed by atoms with Gasteiger partial charge in [0.15, 0.2) is 0 Å². The molecule has 1 aromatic rings. The topological polar surface area (TPSA) is 342 Å². The highest BCUT2D eigenvalue weighted by atomic mass is 32.2. The zero-order valence-corrected chi connectivity index (χ0v) is 40.7. The Kier molecular flexibility index (Phi) is 26.5. The Labute approximate surface area is 396 Å². The minimum atomic E-state index is -1.74. The largest absolute Gasteiger partial charge is 0.481 e. The summed E-state index contributed by atoms with van der Waals surface area (Å²) in [5, 5.41) is 45.7. The normalized spacial score (nSPS) is 14.9. The molecule has 7 amide bonds. The first-order valence-electron chi connectivity index (χ1n) is 22.4. The van der Waals surface area contributed by atoms with Gasteiger partial charge >= 0.3 is 11.9 Å². The average Bonchev–Trinajstić information content (AvgIpc) is 3.21. The van der Waals surface area contributed by atoms with Gasteiger partial charge in [0, 0.05) is 17.9 Å². The molecule has 0 bridgehead atoms. The number of hydrogen-bond acceptors (Lipinski definition) is 13. The van der Waals surface area contributed by atoms with Crippen molar-refractivity contribution in [2.75, 3.05) is 6.54 Å². The summed E-state index contributed by atoms with van der Waals surface area (Å²) < 4.78 is 0. The smallest absolute Gasteiger partial charge is 0.305 e. The highest BCUT2D eigenvalue weighted by Gasteiger charge is 2.36. The van der Waals surface area contributed by atoms with Crippen molar-refractivity contribution in [3.63, 3.8) is 0 Å². The van der Waals surface area contributed by atoms with E-state index in [1.807, 2.05) is 13.8 Å². The second-order valence-electron chi connectivity index (χ2n) is 18.1. The first kappa shape index (κ1) is 59.4. The van der Waals surface area contributed by atoms with Crippen LogP contribution in [0.15, 0.2) is 35.2 Å². The van der Waals surface area contributed by atoms with Crippen LogP contribution < -0.4 is 43.0 Å². The number of aliphatic hydroxyl groups excluding tert-OH is 1. The quantitative estimate of drug-likeness (QED) is 0.0470. The van der Waals surface area contributed by atoms with Gasteiger partial charge in [-0.1, -0.05) is 73.6 Å². The summed E-state index contributed by atoms with van der Waals surface area (Å²) in [6.45, 7) is 14.8. The molecule has 0 aliphatic rings. The zero-order valence-electron chi connectivity index (χ0n) is 39.9. The number of amides is 7. The van der Waals surface area contributed by atoms with Crippen LogP contribution in [0.1, 0.15) is 107 Å². The van der Waals surface area contributed by atoms with E-state index < -0.39 is 127 Å². The number of carboxylic acid groups (broad SMARTS) is 2. The van der Waals surface area contributed by atoms with Crippen LogP contribution >= 0.6 is 11.8 Å². The molecule has 0 radical (unpaired) electrons. The number of carbonyl (C=O) groups excluding carboxylic acids is 8. The van der Waals surface area contributed by atoms with Crippen LogP contribution in [0, 0.1) is 23.7 Å². The highest BCUT2D eigenvalue weighted by molar-refractivity contribution is 8.13. The summed E-state index contributed by atoms with van der Waals surface area (Å²) in [5.74, 6) is -9.93. The molecule has 67 heavy (non-hydrogen) atoms. The number of nitrogens with two attached hydrogens (primary N) is 1. The monoisotopic (exact) mass is 964 g/mol. The molecule has 1 unspecified atom stereocenters. The maximum absolute atomic E-state index is 13.8. The van der Waals surface area contributed by atoms with Crippen molar-refractivity contribution >= 4 is 70.2 Å². The average molecular weight is 965 g/mol. The van der Waals surface area contributed by atoms with Crippen LogP contribution in [0.25, 0.3) is 0 Å². The van der Waals surface area contributed by atoms with Gasteiger partial charge in [-0.2, -0.15) is 0 Å². The molecule has 376 valence electrons. The second-order valence-corrected chi connectivity index (χ2v) is 19.2. The van der Waals surface area contributed by atoms with Crippen molar-refractivity contribution in [2.45, 2.75) is 161 Å². The Hall–Kier alpha value is -5.61. The van der Waals surface area contributed by atoms with Gasteiger partial charge in [-0.25, -0.2) is 0 Å². The van der Waals surface area contributed by atoms with Gasteiger partial charge in [0.25, 0.3) is 0 Å². The lowest BCUT2D eigenvalue weighted by molar-refractivity contribution is -0.142. The molecule has 0 heterocycles. The van der Waals surface area contributed by atoms with E-state index in [0.29, 0.717) is 11.3 Å². The number of carbonyl (C=O) groups is 10. The Morgan fingerprint density at radius 1 is 0.522 bits per heavy atom. The van der Waals surface area contributed by atoms with Gasteiger partial charge in [0.1, 0.15) is 36.3 Å². The van der Waals surface area contributed by atoms with Gasteiger partial charge in [-0.3, -0.25) is 47.9 Å². The number of benzene rings is 1. The Bertz CT molecular complexity index is 1850. The zero-order chi connectivity index (χ0) is 51.1. The molecule has 0 saturated carbocycles. The third-order valence-electron chi connectivity index (χ3n) is 9.86. The van der Waals surface area contributed by atoms with Crippen LogP contribution in [0.5, 0.6) is 0 Å². The molecule has 0 aliphatic carbocycles. The molecule has 21 nitrogen and oxygen atoms in total. The van der Waals surface area contributed by atoms with E-state index in [9.17, 15) is 63.3 Å².